The van der Waals surface area contributed by atoms with Gasteiger partial charge < -0.3 is 10.0 Å². The van der Waals surface area contributed by atoms with Crippen LogP contribution in [0, 0.1) is 0 Å². The summed E-state index contributed by atoms with van der Waals surface area (Å²) in [5.41, 5.74) is 0.652. The van der Waals surface area contributed by atoms with Crippen LogP contribution < -0.4 is 4.90 Å². The number of sulfone groups is 1. The first kappa shape index (κ1) is 14.3. The Labute approximate surface area is 116 Å². The summed E-state index contributed by atoms with van der Waals surface area (Å²) in [6.07, 6.45) is 2.55. The Kier molecular flexibility index (Phi) is 3.82. The van der Waals surface area contributed by atoms with Gasteiger partial charge in [0.15, 0.2) is 5.13 Å². The highest BCUT2D eigenvalue weighted by Crippen LogP contribution is 2.39. The van der Waals surface area contributed by atoms with Crippen LogP contribution in [0.15, 0.2) is 0 Å². The van der Waals surface area contributed by atoms with Gasteiger partial charge in [-0.3, -0.25) is 4.79 Å². The summed E-state index contributed by atoms with van der Waals surface area (Å²) < 4.78 is 22.3. The lowest BCUT2D eigenvalue weighted by molar-refractivity contribution is -0.138. The van der Waals surface area contributed by atoms with Crippen LogP contribution in [0.2, 0.25) is 0 Å². The van der Waals surface area contributed by atoms with Crippen LogP contribution in [0.25, 0.3) is 0 Å². The molecule has 0 radical (unpaired) electrons. The molecule has 2 rings (SSSR count). The van der Waals surface area contributed by atoms with Gasteiger partial charge in [-0.15, -0.1) is 11.3 Å². The van der Waals surface area contributed by atoms with E-state index in [1.165, 1.54) is 17.6 Å². The molecule has 8 heteroatoms. The van der Waals surface area contributed by atoms with Crippen molar-refractivity contribution >= 4 is 32.3 Å². The SMILES string of the molecule is CN(CCS(C)(=O)=O)c1nc2c(s1)CCC2C(=O)O. The average molecular weight is 304 g/mol. The molecule has 0 saturated heterocycles. The van der Waals surface area contributed by atoms with E-state index in [2.05, 4.69) is 4.98 Å². The Hall–Kier alpha value is -1.15. The van der Waals surface area contributed by atoms with Crippen LogP contribution in [0.5, 0.6) is 0 Å². The topological polar surface area (TPSA) is 87.6 Å². The van der Waals surface area contributed by atoms with Gasteiger partial charge in [-0.1, -0.05) is 0 Å². The van der Waals surface area contributed by atoms with E-state index in [4.69, 9.17) is 5.11 Å². The van der Waals surface area contributed by atoms with E-state index < -0.39 is 21.7 Å². The molecule has 0 aliphatic heterocycles. The Morgan fingerprint density at radius 2 is 2.26 bits per heavy atom. The van der Waals surface area contributed by atoms with Crippen LogP contribution in [0.4, 0.5) is 5.13 Å². The number of carbonyl (C=O) groups is 1. The third-order valence-corrected chi connectivity index (χ3v) is 5.30. The lowest BCUT2D eigenvalue weighted by atomic mass is 10.1. The fourth-order valence-corrected chi connectivity index (χ4v) is 3.75. The molecule has 6 nitrogen and oxygen atoms in total. The number of carboxylic acids is 1. The van der Waals surface area contributed by atoms with Crippen LogP contribution in [-0.2, 0) is 21.1 Å². The second-order valence-corrected chi connectivity index (χ2v) is 8.11. The third-order valence-electron chi connectivity index (χ3n) is 3.13. The number of thiazole rings is 1. The summed E-state index contributed by atoms with van der Waals surface area (Å²) in [6.45, 7) is 0.364. The monoisotopic (exact) mass is 304 g/mol. The Morgan fingerprint density at radius 1 is 1.58 bits per heavy atom. The Balaban J connectivity index is 2.11. The van der Waals surface area contributed by atoms with Crippen molar-refractivity contribution in [2.75, 3.05) is 30.5 Å². The molecule has 1 aromatic heterocycles. The van der Waals surface area contributed by atoms with E-state index in [0.717, 1.165) is 11.3 Å². The Morgan fingerprint density at radius 3 is 2.84 bits per heavy atom. The molecular formula is C11H16N2O4S2. The number of hydrogen-bond donors (Lipinski definition) is 1. The van der Waals surface area contributed by atoms with Crippen LogP contribution in [-0.4, -0.2) is 50.1 Å². The lowest BCUT2D eigenvalue weighted by Crippen LogP contribution is -2.24. The zero-order valence-corrected chi connectivity index (χ0v) is 12.4. The number of aliphatic carboxylic acids is 1. The minimum Gasteiger partial charge on any atom is -0.481 e. The van der Waals surface area contributed by atoms with Crippen molar-refractivity contribution in [3.8, 4) is 0 Å². The number of aromatic nitrogens is 1. The molecule has 1 heterocycles. The van der Waals surface area contributed by atoms with Crippen LogP contribution in [0.1, 0.15) is 22.9 Å². The van der Waals surface area contributed by atoms with E-state index in [0.29, 0.717) is 23.8 Å². The second kappa shape index (κ2) is 5.09. The lowest BCUT2D eigenvalue weighted by Gasteiger charge is -2.15. The highest BCUT2D eigenvalue weighted by atomic mass is 32.2. The number of hydrogen-bond acceptors (Lipinski definition) is 6. The molecule has 0 aromatic carbocycles. The summed E-state index contributed by atoms with van der Waals surface area (Å²) in [7, 11) is -1.23. The molecule has 1 aliphatic carbocycles. The van der Waals surface area contributed by atoms with Crippen molar-refractivity contribution in [1.82, 2.24) is 4.98 Å². The summed E-state index contributed by atoms with van der Waals surface area (Å²) in [4.78, 5) is 18.2. The van der Waals surface area contributed by atoms with Gasteiger partial charge >= 0.3 is 5.97 Å². The summed E-state index contributed by atoms with van der Waals surface area (Å²) in [6, 6.07) is 0. The number of anilines is 1. The predicted octanol–water partition coefficient (Wildman–Crippen LogP) is 0.738. The molecule has 19 heavy (non-hydrogen) atoms. The molecule has 0 saturated carbocycles. The van der Waals surface area contributed by atoms with E-state index in [-0.39, 0.29) is 5.75 Å². The molecule has 1 aromatic rings. The standard InChI is InChI=1S/C11H16N2O4S2/c1-13(5-6-19(2,16)17)11-12-9-7(10(14)15)3-4-8(9)18-11/h7H,3-6H2,1-2H3,(H,14,15). The van der Waals surface area contributed by atoms with Crippen molar-refractivity contribution < 1.29 is 18.3 Å². The van der Waals surface area contributed by atoms with Crippen molar-refractivity contribution in [2.45, 2.75) is 18.8 Å². The number of fused-ring (bicyclic) bond motifs is 1. The van der Waals surface area contributed by atoms with E-state index in [9.17, 15) is 13.2 Å². The molecule has 0 amide bonds. The molecule has 1 N–H and O–H groups in total. The predicted molar refractivity (Wildman–Crippen MR) is 73.8 cm³/mol. The second-order valence-electron chi connectivity index (χ2n) is 4.79. The van der Waals surface area contributed by atoms with Gasteiger partial charge in [0.25, 0.3) is 0 Å². The Bertz CT molecular complexity index is 594. The fourth-order valence-electron chi connectivity index (χ4n) is 2.02. The molecular weight excluding hydrogens is 288 g/mol. The van der Waals surface area contributed by atoms with Gasteiger partial charge in [-0.05, 0) is 12.8 Å². The minimum absolute atomic E-state index is 0.0656. The normalized spacial score (nSPS) is 18.3. The van der Waals surface area contributed by atoms with Crippen LogP contribution >= 0.6 is 11.3 Å². The highest BCUT2D eigenvalue weighted by Gasteiger charge is 2.32. The quantitative estimate of drug-likeness (QED) is 0.863. The zero-order chi connectivity index (χ0) is 14.2. The van der Waals surface area contributed by atoms with Gasteiger partial charge in [0.1, 0.15) is 15.8 Å². The zero-order valence-electron chi connectivity index (χ0n) is 10.8. The number of nitrogens with zero attached hydrogens (tertiary/aromatic N) is 2. The third kappa shape index (κ3) is 3.24. The van der Waals surface area contributed by atoms with Crippen LogP contribution in [0.3, 0.4) is 0 Å². The van der Waals surface area contributed by atoms with Crippen molar-refractivity contribution in [3.05, 3.63) is 10.6 Å². The van der Waals surface area contributed by atoms with Gasteiger partial charge in [0.2, 0.25) is 0 Å². The van der Waals surface area contributed by atoms with Gasteiger partial charge in [0, 0.05) is 24.7 Å². The van der Waals surface area contributed by atoms with Gasteiger partial charge in [0.05, 0.1) is 11.4 Å². The molecule has 1 atom stereocenters. The number of aryl methyl sites for hydroxylation is 1. The maximum absolute atomic E-state index is 11.1. The van der Waals surface area contributed by atoms with E-state index >= 15 is 0 Å². The maximum Gasteiger partial charge on any atom is 0.312 e. The maximum atomic E-state index is 11.1. The molecule has 0 bridgehead atoms. The van der Waals surface area contributed by atoms with Crippen molar-refractivity contribution in [1.29, 1.82) is 0 Å². The van der Waals surface area contributed by atoms with Gasteiger partial charge in [-0.25, -0.2) is 13.4 Å². The highest BCUT2D eigenvalue weighted by molar-refractivity contribution is 7.90. The average Bonchev–Trinajstić information content (AvgIpc) is 2.82. The number of carboxylic acid groups (broad SMARTS) is 1. The molecule has 0 spiro atoms. The summed E-state index contributed by atoms with van der Waals surface area (Å²) >= 11 is 1.46. The van der Waals surface area contributed by atoms with E-state index in [1.807, 2.05) is 0 Å². The molecule has 1 aliphatic rings. The first-order chi connectivity index (χ1) is 8.78. The fraction of sp³-hybridized carbons (Fsp3) is 0.636. The molecule has 1 unspecified atom stereocenters. The van der Waals surface area contributed by atoms with Gasteiger partial charge in [-0.2, -0.15) is 0 Å². The summed E-state index contributed by atoms with van der Waals surface area (Å²) in [5.74, 6) is -1.28. The van der Waals surface area contributed by atoms with Crippen molar-refractivity contribution in [2.24, 2.45) is 0 Å². The summed E-state index contributed by atoms with van der Waals surface area (Å²) in [5, 5.41) is 9.78. The van der Waals surface area contributed by atoms with E-state index in [1.54, 1.807) is 11.9 Å². The smallest absolute Gasteiger partial charge is 0.312 e. The minimum atomic E-state index is -3.01. The first-order valence-corrected chi connectivity index (χ1v) is 8.77. The number of rotatable bonds is 5. The van der Waals surface area contributed by atoms with Crippen molar-refractivity contribution in [3.63, 3.8) is 0 Å². The molecule has 0 fully saturated rings. The first-order valence-electron chi connectivity index (χ1n) is 5.89. The largest absolute Gasteiger partial charge is 0.481 e. The molecule has 106 valence electrons.